The van der Waals surface area contributed by atoms with Gasteiger partial charge >= 0.3 is 0 Å². The van der Waals surface area contributed by atoms with Crippen molar-refractivity contribution >= 4 is 21.6 Å². The number of hydrogen-bond acceptors (Lipinski definition) is 5. The van der Waals surface area contributed by atoms with E-state index in [1.165, 1.54) is 0 Å². The summed E-state index contributed by atoms with van der Waals surface area (Å²) in [4.78, 5) is 9.46. The van der Waals surface area contributed by atoms with Gasteiger partial charge in [-0.1, -0.05) is 29.8 Å². The second kappa shape index (κ2) is 7.16. The molecule has 0 spiro atoms. The van der Waals surface area contributed by atoms with E-state index in [0.717, 1.165) is 11.1 Å². The van der Waals surface area contributed by atoms with E-state index in [1.807, 2.05) is 18.2 Å². The quantitative estimate of drug-likeness (QED) is 0.876. The number of halogens is 1. The number of aromatic nitrogens is 1. The number of pyridine rings is 1. The van der Waals surface area contributed by atoms with Crippen LogP contribution in [0.1, 0.15) is 17.2 Å². The van der Waals surface area contributed by atoms with Crippen molar-refractivity contribution in [1.29, 1.82) is 0 Å². The highest BCUT2D eigenvalue weighted by molar-refractivity contribution is 7.90. The number of nitrogens with one attached hydrogen (secondary N) is 1. The maximum Gasteiger partial charge on any atom is 0.219 e. The molecular weight excluding hydrogens is 350 g/mol. The van der Waals surface area contributed by atoms with E-state index in [0.29, 0.717) is 5.02 Å². The second-order valence-corrected chi connectivity index (χ2v) is 8.02. The molecule has 6 nitrogen and oxygen atoms in total. The van der Waals surface area contributed by atoms with Crippen molar-refractivity contribution in [1.82, 2.24) is 14.8 Å². The SMILES string of the molecule is CN1OCC(S(=O)(=O)NCc2cccnc2)C1c1ccc(Cl)cc1. The van der Waals surface area contributed by atoms with Crippen LogP contribution in [0.5, 0.6) is 0 Å². The average molecular weight is 368 g/mol. The zero-order valence-corrected chi connectivity index (χ0v) is 14.7. The van der Waals surface area contributed by atoms with Gasteiger partial charge in [0.2, 0.25) is 10.0 Å². The molecule has 1 N–H and O–H groups in total. The molecule has 1 fully saturated rings. The van der Waals surface area contributed by atoms with Gasteiger partial charge in [-0.2, -0.15) is 5.06 Å². The van der Waals surface area contributed by atoms with Crippen molar-refractivity contribution in [2.24, 2.45) is 0 Å². The van der Waals surface area contributed by atoms with E-state index in [2.05, 4.69) is 9.71 Å². The molecule has 0 radical (unpaired) electrons. The fourth-order valence-corrected chi connectivity index (χ4v) is 4.35. The Morgan fingerprint density at radius 1 is 1.33 bits per heavy atom. The van der Waals surface area contributed by atoms with Gasteiger partial charge in [-0.05, 0) is 29.3 Å². The standard InChI is InChI=1S/C16H18ClN3O3S/c1-20-16(13-4-6-14(17)7-5-13)15(11-23-20)24(21,22)19-10-12-3-2-8-18-9-12/h2-9,15-16,19H,10-11H2,1H3. The van der Waals surface area contributed by atoms with Gasteiger partial charge in [0.15, 0.2) is 0 Å². The van der Waals surface area contributed by atoms with E-state index < -0.39 is 21.3 Å². The van der Waals surface area contributed by atoms with Gasteiger partial charge < -0.3 is 0 Å². The van der Waals surface area contributed by atoms with E-state index >= 15 is 0 Å². The lowest BCUT2D eigenvalue weighted by molar-refractivity contribution is -0.110. The van der Waals surface area contributed by atoms with Crippen LogP contribution in [0.3, 0.4) is 0 Å². The molecule has 2 unspecified atom stereocenters. The third kappa shape index (κ3) is 3.76. The molecule has 0 saturated carbocycles. The van der Waals surface area contributed by atoms with Crippen LogP contribution in [0.4, 0.5) is 0 Å². The normalized spacial score (nSPS) is 21.9. The van der Waals surface area contributed by atoms with E-state index in [4.69, 9.17) is 16.4 Å². The lowest BCUT2D eigenvalue weighted by atomic mass is 10.0. The van der Waals surface area contributed by atoms with Crippen LogP contribution in [0.15, 0.2) is 48.8 Å². The summed E-state index contributed by atoms with van der Waals surface area (Å²) in [6, 6.07) is 10.3. The summed E-state index contributed by atoms with van der Waals surface area (Å²) in [7, 11) is -1.84. The van der Waals surface area contributed by atoms with Crippen molar-refractivity contribution in [3.05, 3.63) is 64.9 Å². The topological polar surface area (TPSA) is 71.5 Å². The van der Waals surface area contributed by atoms with Gasteiger partial charge in [0.05, 0.1) is 12.6 Å². The fourth-order valence-electron chi connectivity index (χ4n) is 2.73. The van der Waals surface area contributed by atoms with Crippen LogP contribution in [0.25, 0.3) is 0 Å². The lowest BCUT2D eigenvalue weighted by Gasteiger charge is -2.23. The predicted octanol–water partition coefficient (Wildman–Crippen LogP) is 2.14. The van der Waals surface area contributed by atoms with Gasteiger partial charge in [0.25, 0.3) is 0 Å². The zero-order valence-electron chi connectivity index (χ0n) is 13.1. The molecule has 1 aromatic carbocycles. The molecular formula is C16H18ClN3O3S. The monoisotopic (exact) mass is 367 g/mol. The van der Waals surface area contributed by atoms with Gasteiger partial charge in [0, 0.05) is 31.0 Å². The second-order valence-electron chi connectivity index (χ2n) is 5.60. The largest absolute Gasteiger partial charge is 0.297 e. The number of sulfonamides is 1. The molecule has 1 aliphatic rings. The first-order valence-corrected chi connectivity index (χ1v) is 9.38. The van der Waals surface area contributed by atoms with E-state index in [-0.39, 0.29) is 13.2 Å². The minimum absolute atomic E-state index is 0.103. The highest BCUT2D eigenvalue weighted by Crippen LogP contribution is 2.33. The molecule has 8 heteroatoms. The maximum atomic E-state index is 12.7. The zero-order chi connectivity index (χ0) is 17.2. The van der Waals surface area contributed by atoms with Crippen molar-refractivity contribution < 1.29 is 13.3 Å². The van der Waals surface area contributed by atoms with Crippen molar-refractivity contribution in [2.75, 3.05) is 13.7 Å². The molecule has 3 rings (SSSR count). The van der Waals surface area contributed by atoms with Crippen LogP contribution >= 0.6 is 11.6 Å². The van der Waals surface area contributed by atoms with E-state index in [9.17, 15) is 8.42 Å². The number of benzene rings is 1. The molecule has 24 heavy (non-hydrogen) atoms. The predicted molar refractivity (Wildman–Crippen MR) is 91.7 cm³/mol. The Morgan fingerprint density at radius 2 is 2.08 bits per heavy atom. The van der Waals surface area contributed by atoms with Gasteiger partial charge in [-0.25, -0.2) is 13.1 Å². The molecule has 0 bridgehead atoms. The Bertz CT molecular complexity index is 784. The average Bonchev–Trinajstić information content (AvgIpc) is 2.97. The smallest absolute Gasteiger partial charge is 0.219 e. The Balaban J connectivity index is 1.79. The van der Waals surface area contributed by atoms with Gasteiger partial charge in [-0.3, -0.25) is 9.82 Å². The summed E-state index contributed by atoms with van der Waals surface area (Å²) in [5.41, 5.74) is 1.65. The van der Waals surface area contributed by atoms with Crippen LogP contribution < -0.4 is 4.72 Å². The molecule has 2 atom stereocenters. The Labute approximate surface area is 146 Å². The Morgan fingerprint density at radius 3 is 2.75 bits per heavy atom. The van der Waals surface area contributed by atoms with Crippen molar-refractivity contribution in [3.8, 4) is 0 Å². The molecule has 1 saturated heterocycles. The minimum atomic E-state index is -3.58. The minimum Gasteiger partial charge on any atom is -0.297 e. The molecule has 1 aliphatic heterocycles. The maximum absolute atomic E-state index is 12.7. The molecule has 2 heterocycles. The Hall–Kier alpha value is -1.51. The third-order valence-electron chi connectivity index (χ3n) is 4.00. The lowest BCUT2D eigenvalue weighted by Crippen LogP contribution is -2.39. The first-order chi connectivity index (χ1) is 11.5. The third-order valence-corrected chi connectivity index (χ3v) is 5.99. The molecule has 0 aliphatic carbocycles. The summed E-state index contributed by atoms with van der Waals surface area (Å²) in [5, 5.41) is 1.48. The summed E-state index contributed by atoms with van der Waals surface area (Å²) in [6.07, 6.45) is 3.28. The summed E-state index contributed by atoms with van der Waals surface area (Å²) >= 11 is 5.92. The van der Waals surface area contributed by atoms with Gasteiger partial charge in [0.1, 0.15) is 5.25 Å². The summed E-state index contributed by atoms with van der Waals surface area (Å²) < 4.78 is 28.1. The van der Waals surface area contributed by atoms with Gasteiger partial charge in [-0.15, -0.1) is 0 Å². The number of rotatable bonds is 5. The Kier molecular flexibility index (Phi) is 5.17. The van der Waals surface area contributed by atoms with Crippen LogP contribution in [-0.2, 0) is 21.4 Å². The molecule has 0 amide bonds. The summed E-state index contributed by atoms with van der Waals surface area (Å²) in [6.45, 7) is 0.301. The summed E-state index contributed by atoms with van der Waals surface area (Å²) in [5.74, 6) is 0. The van der Waals surface area contributed by atoms with Crippen LogP contribution in [0, 0.1) is 0 Å². The van der Waals surface area contributed by atoms with Crippen molar-refractivity contribution in [2.45, 2.75) is 17.8 Å². The fraction of sp³-hybridized carbons (Fsp3) is 0.312. The highest BCUT2D eigenvalue weighted by Gasteiger charge is 2.43. The number of hydrogen-bond donors (Lipinski definition) is 1. The first kappa shape index (κ1) is 17.3. The van der Waals surface area contributed by atoms with Crippen LogP contribution in [-0.4, -0.2) is 37.4 Å². The molecule has 128 valence electrons. The molecule has 1 aromatic heterocycles. The van der Waals surface area contributed by atoms with Crippen LogP contribution in [0.2, 0.25) is 5.02 Å². The highest BCUT2D eigenvalue weighted by atomic mass is 35.5. The van der Waals surface area contributed by atoms with E-state index in [1.54, 1.807) is 42.7 Å². The number of hydroxylamine groups is 2. The number of nitrogens with zero attached hydrogens (tertiary/aromatic N) is 2. The van der Waals surface area contributed by atoms with Crippen molar-refractivity contribution in [3.63, 3.8) is 0 Å². The molecule has 2 aromatic rings. The first-order valence-electron chi connectivity index (χ1n) is 7.46.